The second kappa shape index (κ2) is 7.16. The first-order valence-corrected chi connectivity index (χ1v) is 8.08. The van der Waals surface area contributed by atoms with E-state index in [1.807, 2.05) is 0 Å². The average Bonchev–Trinajstić information content (AvgIpc) is 2.48. The zero-order chi connectivity index (χ0) is 16.3. The van der Waals surface area contributed by atoms with Gasteiger partial charge in [-0.1, -0.05) is 0 Å². The molecule has 0 amide bonds. The Bertz CT molecular complexity index is 723. The zero-order valence-electron chi connectivity index (χ0n) is 11.3. The van der Waals surface area contributed by atoms with Crippen LogP contribution in [0.2, 0.25) is 0 Å². The van der Waals surface area contributed by atoms with Gasteiger partial charge in [0, 0.05) is 3.57 Å². The summed E-state index contributed by atoms with van der Waals surface area (Å²) in [6.45, 7) is 0. The molecule has 116 valence electrons. The summed E-state index contributed by atoms with van der Waals surface area (Å²) in [5, 5.41) is 0. The SMILES string of the molecule is COC(=O)c1ccc(F)cc1N(c1ccc(I)cc1)S(=O)[O-]. The molecule has 0 saturated carbocycles. The van der Waals surface area contributed by atoms with Crippen LogP contribution in [0.25, 0.3) is 0 Å². The third-order valence-electron chi connectivity index (χ3n) is 2.79. The number of carbonyl (C=O) groups is 1. The lowest BCUT2D eigenvalue weighted by atomic mass is 10.1. The highest BCUT2D eigenvalue weighted by Gasteiger charge is 2.20. The minimum atomic E-state index is -2.74. The molecule has 1 unspecified atom stereocenters. The average molecular weight is 434 g/mol. The van der Waals surface area contributed by atoms with Gasteiger partial charge in [0.25, 0.3) is 0 Å². The van der Waals surface area contributed by atoms with E-state index in [9.17, 15) is 17.9 Å². The highest BCUT2D eigenvalue weighted by molar-refractivity contribution is 14.1. The number of benzene rings is 2. The van der Waals surface area contributed by atoms with Crippen molar-refractivity contribution in [3.63, 3.8) is 0 Å². The minimum absolute atomic E-state index is 0.0494. The summed E-state index contributed by atoms with van der Waals surface area (Å²) in [4.78, 5) is 11.8. The maximum Gasteiger partial charge on any atom is 0.340 e. The highest BCUT2D eigenvalue weighted by atomic mass is 127. The van der Waals surface area contributed by atoms with Crippen molar-refractivity contribution < 1.29 is 22.7 Å². The lowest BCUT2D eigenvalue weighted by Crippen LogP contribution is -2.22. The number of hydrogen-bond acceptors (Lipinski definition) is 4. The number of halogens is 2. The van der Waals surface area contributed by atoms with Crippen molar-refractivity contribution in [1.29, 1.82) is 0 Å². The number of carbonyl (C=O) groups excluding carboxylic acids is 1. The van der Waals surface area contributed by atoms with Crippen LogP contribution in [0.1, 0.15) is 10.4 Å². The van der Waals surface area contributed by atoms with Gasteiger partial charge in [-0.25, -0.2) is 9.18 Å². The van der Waals surface area contributed by atoms with Crippen molar-refractivity contribution in [3.8, 4) is 0 Å². The molecule has 22 heavy (non-hydrogen) atoms. The first-order valence-electron chi connectivity index (χ1n) is 5.97. The monoisotopic (exact) mass is 434 g/mol. The molecule has 0 aliphatic rings. The number of ether oxygens (including phenoxy) is 1. The van der Waals surface area contributed by atoms with E-state index in [0.29, 0.717) is 0 Å². The maximum absolute atomic E-state index is 13.5. The first kappa shape index (κ1) is 16.8. The summed E-state index contributed by atoms with van der Waals surface area (Å²) in [6.07, 6.45) is 0. The van der Waals surface area contributed by atoms with Gasteiger partial charge in [0.05, 0.1) is 35.3 Å². The predicted molar refractivity (Wildman–Crippen MR) is 88.0 cm³/mol. The highest BCUT2D eigenvalue weighted by Crippen LogP contribution is 2.31. The molecule has 0 bridgehead atoms. The maximum atomic E-state index is 13.5. The van der Waals surface area contributed by atoms with Crippen molar-refractivity contribution in [2.75, 3.05) is 11.4 Å². The predicted octanol–water partition coefficient (Wildman–Crippen LogP) is 3.15. The summed E-state index contributed by atoms with van der Waals surface area (Å²) >= 11 is -0.669. The van der Waals surface area contributed by atoms with E-state index >= 15 is 0 Å². The summed E-state index contributed by atoms with van der Waals surface area (Å²) < 4.78 is 43.1. The summed E-state index contributed by atoms with van der Waals surface area (Å²) in [7, 11) is 1.17. The number of rotatable bonds is 4. The van der Waals surface area contributed by atoms with Crippen LogP contribution in [-0.4, -0.2) is 21.8 Å². The zero-order valence-corrected chi connectivity index (χ0v) is 14.3. The van der Waals surface area contributed by atoms with Crippen LogP contribution in [-0.2, 0) is 16.0 Å². The Hall–Kier alpha value is -1.52. The van der Waals surface area contributed by atoms with Crippen LogP contribution >= 0.6 is 22.6 Å². The Balaban J connectivity index is 2.62. The molecular formula is C14H10FINO4S-. The Labute approximate surface area is 142 Å². The van der Waals surface area contributed by atoms with E-state index in [2.05, 4.69) is 27.3 Å². The third kappa shape index (κ3) is 3.62. The van der Waals surface area contributed by atoms with Gasteiger partial charge in [0.1, 0.15) is 5.82 Å². The fourth-order valence-corrected chi connectivity index (χ4v) is 2.80. The van der Waals surface area contributed by atoms with Gasteiger partial charge in [0.15, 0.2) is 0 Å². The molecule has 0 aromatic heterocycles. The minimum Gasteiger partial charge on any atom is -0.755 e. The van der Waals surface area contributed by atoms with Crippen molar-refractivity contribution in [1.82, 2.24) is 0 Å². The molecule has 0 saturated heterocycles. The van der Waals surface area contributed by atoms with Crippen molar-refractivity contribution in [2.24, 2.45) is 0 Å². The lowest BCUT2D eigenvalue weighted by molar-refractivity contribution is 0.0601. The standard InChI is InChI=1S/C14H11FINO4S/c1-21-14(18)12-7-2-9(15)8-13(12)17(22(19)20)11-5-3-10(16)4-6-11/h2-8H,1H3,(H,19,20)/p-1. The number of hydrogen-bond donors (Lipinski definition) is 0. The molecule has 8 heteroatoms. The molecule has 0 fully saturated rings. The molecule has 2 aromatic rings. The van der Waals surface area contributed by atoms with Crippen molar-refractivity contribution >= 4 is 51.2 Å². The second-order valence-corrected chi connectivity index (χ2v) is 6.19. The van der Waals surface area contributed by atoms with Gasteiger partial charge >= 0.3 is 5.97 Å². The van der Waals surface area contributed by atoms with Crippen LogP contribution in [0.4, 0.5) is 15.8 Å². The molecule has 0 spiro atoms. The Morgan fingerprint density at radius 1 is 1.27 bits per heavy atom. The fourth-order valence-electron chi connectivity index (χ4n) is 1.84. The molecule has 2 aromatic carbocycles. The fraction of sp³-hybridized carbons (Fsp3) is 0.0714. The van der Waals surface area contributed by atoms with Gasteiger partial charge < -0.3 is 9.29 Å². The van der Waals surface area contributed by atoms with Gasteiger partial charge in [0.2, 0.25) is 0 Å². The molecule has 2 rings (SSSR count). The molecule has 0 heterocycles. The van der Waals surface area contributed by atoms with E-state index in [0.717, 1.165) is 20.0 Å². The summed E-state index contributed by atoms with van der Waals surface area (Å²) in [5.41, 5.74) is 0.123. The quantitative estimate of drug-likeness (QED) is 0.421. The number of anilines is 2. The topological polar surface area (TPSA) is 69.7 Å². The van der Waals surface area contributed by atoms with Crippen LogP contribution in [0, 0.1) is 9.39 Å². The van der Waals surface area contributed by atoms with Gasteiger partial charge in [-0.2, -0.15) is 0 Å². The molecule has 0 aliphatic heterocycles. The van der Waals surface area contributed by atoms with E-state index in [4.69, 9.17) is 0 Å². The molecule has 0 aliphatic carbocycles. The number of nitrogens with zero attached hydrogens (tertiary/aromatic N) is 1. The summed E-state index contributed by atoms with van der Waals surface area (Å²) in [6, 6.07) is 9.74. The molecule has 5 nitrogen and oxygen atoms in total. The largest absolute Gasteiger partial charge is 0.755 e. The Morgan fingerprint density at radius 3 is 2.45 bits per heavy atom. The van der Waals surface area contributed by atoms with Crippen LogP contribution in [0.15, 0.2) is 42.5 Å². The van der Waals surface area contributed by atoms with Crippen molar-refractivity contribution in [3.05, 3.63) is 57.4 Å². The first-order chi connectivity index (χ1) is 10.4. The normalized spacial score (nSPS) is 11.8. The van der Waals surface area contributed by atoms with Crippen LogP contribution < -0.4 is 4.31 Å². The number of methoxy groups -OCH3 is 1. The smallest absolute Gasteiger partial charge is 0.340 e. The van der Waals surface area contributed by atoms with Gasteiger partial charge in [-0.3, -0.25) is 8.51 Å². The van der Waals surface area contributed by atoms with E-state index in [1.54, 1.807) is 24.3 Å². The van der Waals surface area contributed by atoms with Crippen molar-refractivity contribution in [2.45, 2.75) is 0 Å². The van der Waals surface area contributed by atoms with Crippen LogP contribution in [0.3, 0.4) is 0 Å². The lowest BCUT2D eigenvalue weighted by Gasteiger charge is -2.28. The van der Waals surface area contributed by atoms with Gasteiger partial charge in [-0.15, -0.1) is 0 Å². The van der Waals surface area contributed by atoms with E-state index in [1.165, 1.54) is 13.2 Å². The molecular weight excluding hydrogens is 424 g/mol. The summed E-state index contributed by atoms with van der Waals surface area (Å²) in [5.74, 6) is -1.42. The Morgan fingerprint density at radius 2 is 1.91 bits per heavy atom. The third-order valence-corrected chi connectivity index (χ3v) is 4.22. The number of esters is 1. The second-order valence-electron chi connectivity index (χ2n) is 4.14. The van der Waals surface area contributed by atoms with Crippen LogP contribution in [0.5, 0.6) is 0 Å². The molecule has 1 atom stereocenters. The molecule has 0 radical (unpaired) electrons. The van der Waals surface area contributed by atoms with E-state index in [-0.39, 0.29) is 16.9 Å². The van der Waals surface area contributed by atoms with Gasteiger partial charge in [-0.05, 0) is 65.1 Å². The van der Waals surface area contributed by atoms with E-state index < -0.39 is 23.1 Å². The molecule has 0 N–H and O–H groups in total. The Kier molecular flexibility index (Phi) is 5.48.